The normalized spacial score (nSPS) is 17.7. The molecule has 0 radical (unpaired) electrons. The number of likely N-dealkylation sites (tertiary alicyclic amines) is 1. The largest absolute Gasteiger partial charge is 0.358 e. The van der Waals surface area contributed by atoms with Gasteiger partial charge < -0.3 is 10.6 Å². The van der Waals surface area contributed by atoms with Gasteiger partial charge in [0.1, 0.15) is 0 Å². The van der Waals surface area contributed by atoms with E-state index in [9.17, 15) is 0 Å². The Hall–Kier alpha value is -1.62. The highest BCUT2D eigenvalue weighted by Crippen LogP contribution is 2.23. The van der Waals surface area contributed by atoms with Gasteiger partial charge in [-0.05, 0) is 48.8 Å². The fourth-order valence-corrected chi connectivity index (χ4v) is 3.47. The summed E-state index contributed by atoms with van der Waals surface area (Å²) in [6.07, 6.45) is 1.10. The molecule has 2 aromatic carbocycles. The molecule has 2 N–H and O–H groups in total. The first-order valence-electron chi connectivity index (χ1n) is 8.21. The Labute approximate surface area is 154 Å². The van der Waals surface area contributed by atoms with Gasteiger partial charge >= 0.3 is 0 Å². The Morgan fingerprint density at radius 1 is 1.21 bits per heavy atom. The maximum Gasteiger partial charge on any atom is 0.171 e. The predicted molar refractivity (Wildman–Crippen MR) is 106 cm³/mol. The highest BCUT2D eigenvalue weighted by atomic mass is 35.5. The summed E-state index contributed by atoms with van der Waals surface area (Å²) in [5.74, 6) is 0. The van der Waals surface area contributed by atoms with E-state index in [0.29, 0.717) is 11.2 Å². The van der Waals surface area contributed by atoms with Crippen LogP contribution in [-0.4, -0.2) is 29.1 Å². The van der Waals surface area contributed by atoms with Crippen LogP contribution < -0.4 is 10.6 Å². The number of thiocarbonyl (C=S) groups is 1. The van der Waals surface area contributed by atoms with E-state index in [0.717, 1.165) is 42.3 Å². The second-order valence-electron chi connectivity index (χ2n) is 6.22. The molecule has 1 saturated heterocycles. The molecule has 1 fully saturated rings. The van der Waals surface area contributed by atoms with Crippen molar-refractivity contribution in [3.63, 3.8) is 0 Å². The Bertz CT molecular complexity index is 705. The third-order valence-corrected chi connectivity index (χ3v) is 5.00. The SMILES string of the molecule is Cc1c(Cl)cccc1NC(=S)N[C@@H]1CCN(Cc2ccccc2)C1. The molecule has 24 heavy (non-hydrogen) atoms. The van der Waals surface area contributed by atoms with Crippen molar-refractivity contribution in [2.45, 2.75) is 25.9 Å². The second kappa shape index (κ2) is 7.97. The van der Waals surface area contributed by atoms with E-state index in [-0.39, 0.29) is 0 Å². The van der Waals surface area contributed by atoms with Gasteiger partial charge in [0, 0.05) is 36.4 Å². The molecule has 0 saturated carbocycles. The minimum Gasteiger partial charge on any atom is -0.358 e. The molecule has 0 unspecified atom stereocenters. The summed E-state index contributed by atoms with van der Waals surface area (Å²) >= 11 is 11.6. The molecule has 0 amide bonds. The smallest absolute Gasteiger partial charge is 0.171 e. The molecule has 126 valence electrons. The molecular weight excluding hydrogens is 338 g/mol. The number of nitrogens with zero attached hydrogens (tertiary/aromatic N) is 1. The first-order chi connectivity index (χ1) is 11.6. The van der Waals surface area contributed by atoms with E-state index < -0.39 is 0 Å². The molecule has 1 aliphatic heterocycles. The number of hydrogen-bond donors (Lipinski definition) is 2. The number of benzene rings is 2. The summed E-state index contributed by atoms with van der Waals surface area (Å²) < 4.78 is 0. The topological polar surface area (TPSA) is 27.3 Å². The van der Waals surface area contributed by atoms with Crippen LogP contribution in [0, 0.1) is 6.92 Å². The number of anilines is 1. The van der Waals surface area contributed by atoms with Crippen LogP contribution in [0.25, 0.3) is 0 Å². The van der Waals surface area contributed by atoms with Crippen molar-refractivity contribution >= 4 is 34.6 Å². The quantitative estimate of drug-likeness (QED) is 0.800. The summed E-state index contributed by atoms with van der Waals surface area (Å²) in [7, 11) is 0. The molecule has 2 aromatic rings. The maximum atomic E-state index is 6.15. The van der Waals surface area contributed by atoms with E-state index in [1.807, 2.05) is 25.1 Å². The monoisotopic (exact) mass is 359 g/mol. The third kappa shape index (κ3) is 4.47. The van der Waals surface area contributed by atoms with Crippen LogP contribution in [0.2, 0.25) is 5.02 Å². The Kier molecular flexibility index (Phi) is 5.72. The summed E-state index contributed by atoms with van der Waals surface area (Å²) in [6, 6.07) is 16.8. The zero-order valence-electron chi connectivity index (χ0n) is 13.8. The summed E-state index contributed by atoms with van der Waals surface area (Å²) in [5.41, 5.74) is 3.33. The van der Waals surface area contributed by atoms with Gasteiger partial charge in [-0.3, -0.25) is 4.90 Å². The first-order valence-corrected chi connectivity index (χ1v) is 8.99. The fourth-order valence-electron chi connectivity index (χ4n) is 3.02. The van der Waals surface area contributed by atoms with Gasteiger partial charge in [0.15, 0.2) is 5.11 Å². The minimum atomic E-state index is 0.383. The van der Waals surface area contributed by atoms with E-state index in [1.165, 1.54) is 5.56 Å². The lowest BCUT2D eigenvalue weighted by atomic mass is 10.2. The Morgan fingerprint density at radius 3 is 2.79 bits per heavy atom. The molecule has 0 aromatic heterocycles. The highest BCUT2D eigenvalue weighted by molar-refractivity contribution is 7.80. The van der Waals surface area contributed by atoms with Gasteiger partial charge in [0.25, 0.3) is 0 Å². The molecule has 1 heterocycles. The summed E-state index contributed by atoms with van der Waals surface area (Å²) in [5, 5.41) is 8.09. The molecule has 1 atom stereocenters. The molecule has 1 aliphatic rings. The summed E-state index contributed by atoms with van der Waals surface area (Å²) in [6.45, 7) is 5.08. The van der Waals surface area contributed by atoms with E-state index >= 15 is 0 Å². The van der Waals surface area contributed by atoms with Gasteiger partial charge in [-0.15, -0.1) is 0 Å². The fraction of sp³-hybridized carbons (Fsp3) is 0.316. The van der Waals surface area contributed by atoms with Crippen LogP contribution in [0.5, 0.6) is 0 Å². The summed E-state index contributed by atoms with van der Waals surface area (Å²) in [4.78, 5) is 2.46. The molecule has 0 spiro atoms. The van der Waals surface area contributed by atoms with Gasteiger partial charge in [-0.2, -0.15) is 0 Å². The van der Waals surface area contributed by atoms with Crippen molar-refractivity contribution in [1.82, 2.24) is 10.2 Å². The third-order valence-electron chi connectivity index (χ3n) is 4.37. The first kappa shape index (κ1) is 17.2. The van der Waals surface area contributed by atoms with Crippen molar-refractivity contribution in [2.75, 3.05) is 18.4 Å². The zero-order chi connectivity index (χ0) is 16.9. The van der Waals surface area contributed by atoms with E-state index in [2.05, 4.69) is 45.9 Å². The lowest BCUT2D eigenvalue weighted by Crippen LogP contribution is -2.39. The Morgan fingerprint density at radius 2 is 2.00 bits per heavy atom. The molecular formula is C19H22ClN3S. The lowest BCUT2D eigenvalue weighted by molar-refractivity contribution is 0.324. The maximum absolute atomic E-state index is 6.15. The second-order valence-corrected chi connectivity index (χ2v) is 7.03. The molecule has 0 aliphatic carbocycles. The van der Waals surface area contributed by atoms with Gasteiger partial charge in [-0.1, -0.05) is 48.0 Å². The molecule has 5 heteroatoms. The van der Waals surface area contributed by atoms with Crippen molar-refractivity contribution in [1.29, 1.82) is 0 Å². The highest BCUT2D eigenvalue weighted by Gasteiger charge is 2.23. The molecule has 3 nitrogen and oxygen atoms in total. The average Bonchev–Trinajstić information content (AvgIpc) is 2.99. The molecule has 0 bridgehead atoms. The van der Waals surface area contributed by atoms with Crippen molar-refractivity contribution in [3.05, 3.63) is 64.7 Å². The van der Waals surface area contributed by atoms with Crippen LogP contribution >= 0.6 is 23.8 Å². The van der Waals surface area contributed by atoms with E-state index in [1.54, 1.807) is 0 Å². The number of halogens is 1. The number of rotatable bonds is 4. The Balaban J connectivity index is 1.50. The van der Waals surface area contributed by atoms with Crippen LogP contribution in [-0.2, 0) is 6.54 Å². The lowest BCUT2D eigenvalue weighted by Gasteiger charge is -2.19. The van der Waals surface area contributed by atoms with Crippen molar-refractivity contribution in [2.24, 2.45) is 0 Å². The zero-order valence-corrected chi connectivity index (χ0v) is 15.3. The van der Waals surface area contributed by atoms with Crippen LogP contribution in [0.15, 0.2) is 48.5 Å². The van der Waals surface area contributed by atoms with Gasteiger partial charge in [0.05, 0.1) is 0 Å². The van der Waals surface area contributed by atoms with Crippen molar-refractivity contribution < 1.29 is 0 Å². The van der Waals surface area contributed by atoms with Crippen LogP contribution in [0.3, 0.4) is 0 Å². The number of hydrogen-bond acceptors (Lipinski definition) is 2. The van der Waals surface area contributed by atoms with Crippen molar-refractivity contribution in [3.8, 4) is 0 Å². The standard InChI is InChI=1S/C19H22ClN3S/c1-14-17(20)8-5-9-18(14)22-19(24)21-16-10-11-23(13-16)12-15-6-3-2-4-7-15/h2-9,16H,10-13H2,1H3,(H2,21,22,24)/t16-/m1/s1. The molecule has 3 rings (SSSR count). The van der Waals surface area contributed by atoms with Crippen LogP contribution in [0.4, 0.5) is 5.69 Å². The number of nitrogens with one attached hydrogen (secondary N) is 2. The van der Waals surface area contributed by atoms with Gasteiger partial charge in [0.2, 0.25) is 0 Å². The minimum absolute atomic E-state index is 0.383. The van der Waals surface area contributed by atoms with Gasteiger partial charge in [-0.25, -0.2) is 0 Å². The van der Waals surface area contributed by atoms with Crippen LogP contribution in [0.1, 0.15) is 17.5 Å². The average molecular weight is 360 g/mol. The van der Waals surface area contributed by atoms with E-state index in [4.69, 9.17) is 23.8 Å². The predicted octanol–water partition coefficient (Wildman–Crippen LogP) is 4.21.